The maximum absolute atomic E-state index is 11.7. The largest absolute Gasteiger partial charge is 0.291 e. The van der Waals surface area contributed by atoms with E-state index >= 15 is 0 Å². The SMILES string of the molecule is CC(/C=C/C=C/c1ccccc1)=N\NC(=O)c1cnccn1. The maximum Gasteiger partial charge on any atom is 0.291 e. The lowest BCUT2D eigenvalue weighted by Gasteiger charge is -1.98. The van der Waals surface area contributed by atoms with Crippen LogP contribution in [0.3, 0.4) is 0 Å². The Bertz CT molecular complexity index is 691. The zero-order valence-corrected chi connectivity index (χ0v) is 12.2. The minimum atomic E-state index is -0.388. The number of nitrogens with one attached hydrogen (secondary N) is 1. The number of carbonyl (C=O) groups is 1. The molecule has 5 heteroatoms. The molecule has 0 radical (unpaired) electrons. The maximum atomic E-state index is 11.7. The first-order valence-corrected chi connectivity index (χ1v) is 6.76. The summed E-state index contributed by atoms with van der Waals surface area (Å²) in [6.07, 6.45) is 11.9. The van der Waals surface area contributed by atoms with Crippen LogP contribution in [0.25, 0.3) is 6.08 Å². The van der Waals surface area contributed by atoms with Crippen molar-refractivity contribution in [1.82, 2.24) is 15.4 Å². The lowest BCUT2D eigenvalue weighted by atomic mass is 10.2. The van der Waals surface area contributed by atoms with Crippen molar-refractivity contribution in [1.29, 1.82) is 0 Å². The van der Waals surface area contributed by atoms with Crippen molar-refractivity contribution in [3.8, 4) is 0 Å². The average Bonchev–Trinajstić information content (AvgIpc) is 2.58. The van der Waals surface area contributed by atoms with Gasteiger partial charge < -0.3 is 0 Å². The number of aromatic nitrogens is 2. The summed E-state index contributed by atoms with van der Waals surface area (Å²) in [4.78, 5) is 19.4. The second-order valence-corrected chi connectivity index (χ2v) is 4.41. The third kappa shape index (κ3) is 5.13. The molecule has 2 rings (SSSR count). The number of hydrogen-bond acceptors (Lipinski definition) is 4. The van der Waals surface area contributed by atoms with E-state index in [4.69, 9.17) is 0 Å². The number of amides is 1. The summed E-state index contributed by atoms with van der Waals surface area (Å²) in [6.45, 7) is 1.80. The fourth-order valence-electron chi connectivity index (χ4n) is 1.58. The van der Waals surface area contributed by atoms with Gasteiger partial charge in [-0.1, -0.05) is 48.6 Å². The fourth-order valence-corrected chi connectivity index (χ4v) is 1.58. The van der Waals surface area contributed by atoms with Crippen LogP contribution in [0.2, 0.25) is 0 Å². The summed E-state index contributed by atoms with van der Waals surface area (Å²) >= 11 is 0. The Labute approximate surface area is 129 Å². The van der Waals surface area contributed by atoms with Crippen LogP contribution in [0.15, 0.2) is 72.3 Å². The van der Waals surface area contributed by atoms with Gasteiger partial charge in [0.25, 0.3) is 5.91 Å². The number of allylic oxidation sites excluding steroid dienone is 3. The molecule has 22 heavy (non-hydrogen) atoms. The zero-order valence-electron chi connectivity index (χ0n) is 12.2. The van der Waals surface area contributed by atoms with Crippen molar-refractivity contribution in [3.63, 3.8) is 0 Å². The van der Waals surface area contributed by atoms with Crippen molar-refractivity contribution in [2.45, 2.75) is 6.92 Å². The zero-order chi connectivity index (χ0) is 15.6. The minimum absolute atomic E-state index is 0.229. The van der Waals surface area contributed by atoms with E-state index in [1.54, 1.807) is 13.0 Å². The van der Waals surface area contributed by atoms with Gasteiger partial charge in [-0.25, -0.2) is 10.4 Å². The minimum Gasteiger partial charge on any atom is -0.265 e. The molecule has 0 aliphatic rings. The first-order valence-electron chi connectivity index (χ1n) is 6.76. The normalized spacial score (nSPS) is 12.0. The summed E-state index contributed by atoms with van der Waals surface area (Å²) in [5, 5.41) is 3.97. The number of hydrazone groups is 1. The van der Waals surface area contributed by atoms with Gasteiger partial charge in [-0.05, 0) is 18.6 Å². The number of nitrogens with zero attached hydrogens (tertiary/aromatic N) is 3. The molecule has 5 nitrogen and oxygen atoms in total. The third-order valence-corrected chi connectivity index (χ3v) is 2.67. The van der Waals surface area contributed by atoms with Crippen molar-refractivity contribution < 1.29 is 4.79 Å². The smallest absolute Gasteiger partial charge is 0.265 e. The molecule has 0 bridgehead atoms. The predicted octanol–water partition coefficient (Wildman–Crippen LogP) is 2.85. The molecule has 0 saturated heterocycles. The number of hydrogen-bond donors (Lipinski definition) is 1. The first-order chi connectivity index (χ1) is 10.8. The van der Waals surface area contributed by atoms with Gasteiger partial charge >= 0.3 is 0 Å². The summed E-state index contributed by atoms with van der Waals surface area (Å²) in [5.74, 6) is -0.388. The second-order valence-electron chi connectivity index (χ2n) is 4.41. The van der Waals surface area contributed by atoms with E-state index in [-0.39, 0.29) is 11.6 Å². The molecular formula is C17H16N4O. The molecule has 2 aromatic rings. The molecule has 1 aromatic heterocycles. The highest BCUT2D eigenvalue weighted by Gasteiger charge is 2.04. The van der Waals surface area contributed by atoms with Gasteiger partial charge in [0.1, 0.15) is 5.69 Å². The van der Waals surface area contributed by atoms with E-state index in [1.807, 2.05) is 48.6 Å². The molecule has 110 valence electrons. The van der Waals surface area contributed by atoms with Gasteiger partial charge in [0.15, 0.2) is 0 Å². The number of benzene rings is 1. The van der Waals surface area contributed by atoms with Crippen LogP contribution in [0.4, 0.5) is 0 Å². The molecule has 0 spiro atoms. The van der Waals surface area contributed by atoms with Crippen LogP contribution in [-0.2, 0) is 0 Å². The van der Waals surface area contributed by atoms with E-state index in [0.717, 1.165) is 5.56 Å². The van der Waals surface area contributed by atoms with Gasteiger partial charge in [-0.15, -0.1) is 0 Å². The van der Waals surface area contributed by atoms with Crippen molar-refractivity contribution >= 4 is 17.7 Å². The topological polar surface area (TPSA) is 67.2 Å². The lowest BCUT2D eigenvalue weighted by Crippen LogP contribution is -2.20. The van der Waals surface area contributed by atoms with Gasteiger partial charge in [0.2, 0.25) is 0 Å². The van der Waals surface area contributed by atoms with E-state index in [0.29, 0.717) is 5.71 Å². The molecule has 0 aliphatic heterocycles. The molecule has 0 saturated carbocycles. The summed E-state index contributed by atoms with van der Waals surface area (Å²) in [6, 6.07) is 9.98. The van der Waals surface area contributed by atoms with Crippen LogP contribution in [-0.4, -0.2) is 21.6 Å². The highest BCUT2D eigenvalue weighted by molar-refractivity contribution is 5.96. The Kier molecular flexibility index (Phi) is 5.75. The molecule has 0 aliphatic carbocycles. The van der Waals surface area contributed by atoms with Gasteiger partial charge in [0, 0.05) is 12.4 Å². The Morgan fingerprint density at radius 1 is 1.18 bits per heavy atom. The van der Waals surface area contributed by atoms with E-state index in [2.05, 4.69) is 20.5 Å². The molecular weight excluding hydrogens is 276 g/mol. The van der Waals surface area contributed by atoms with Crippen molar-refractivity contribution in [3.05, 3.63) is 78.4 Å². The summed E-state index contributed by atoms with van der Waals surface area (Å²) in [7, 11) is 0. The molecule has 1 N–H and O–H groups in total. The summed E-state index contributed by atoms with van der Waals surface area (Å²) in [5.41, 5.74) is 4.46. The van der Waals surface area contributed by atoms with Gasteiger partial charge in [-0.3, -0.25) is 9.78 Å². The highest BCUT2D eigenvalue weighted by Crippen LogP contribution is 2.00. The molecule has 1 aromatic carbocycles. The second kappa shape index (κ2) is 8.26. The highest BCUT2D eigenvalue weighted by atomic mass is 16.2. The van der Waals surface area contributed by atoms with Crippen LogP contribution in [0.5, 0.6) is 0 Å². The Hall–Kier alpha value is -3.08. The Morgan fingerprint density at radius 3 is 2.73 bits per heavy atom. The Balaban J connectivity index is 1.86. The number of rotatable bonds is 5. The van der Waals surface area contributed by atoms with E-state index in [1.165, 1.54) is 18.6 Å². The van der Waals surface area contributed by atoms with Crippen molar-refractivity contribution in [2.24, 2.45) is 5.10 Å². The Morgan fingerprint density at radius 2 is 2.00 bits per heavy atom. The monoisotopic (exact) mass is 292 g/mol. The standard InChI is InChI=1S/C17H16N4O/c1-14(7-5-6-10-15-8-3-2-4-9-15)20-21-17(22)16-13-18-11-12-19-16/h2-13H,1H3,(H,21,22)/b7-5+,10-6+,20-14+. The summed E-state index contributed by atoms with van der Waals surface area (Å²) < 4.78 is 0. The van der Waals surface area contributed by atoms with Crippen LogP contribution >= 0.6 is 0 Å². The van der Waals surface area contributed by atoms with Crippen LogP contribution in [0, 0.1) is 0 Å². The number of carbonyl (C=O) groups excluding carboxylic acids is 1. The molecule has 0 atom stereocenters. The lowest BCUT2D eigenvalue weighted by molar-refractivity contribution is 0.0949. The van der Waals surface area contributed by atoms with E-state index < -0.39 is 0 Å². The van der Waals surface area contributed by atoms with E-state index in [9.17, 15) is 4.79 Å². The molecule has 1 amide bonds. The first kappa shape index (κ1) is 15.3. The van der Waals surface area contributed by atoms with Crippen LogP contribution < -0.4 is 5.43 Å². The molecule has 0 unspecified atom stereocenters. The predicted molar refractivity (Wildman–Crippen MR) is 87.2 cm³/mol. The molecule has 0 fully saturated rings. The average molecular weight is 292 g/mol. The quantitative estimate of drug-likeness (QED) is 0.523. The fraction of sp³-hybridized carbons (Fsp3) is 0.0588. The third-order valence-electron chi connectivity index (χ3n) is 2.67. The molecule has 1 heterocycles. The van der Waals surface area contributed by atoms with Crippen LogP contribution in [0.1, 0.15) is 23.0 Å². The van der Waals surface area contributed by atoms with Crippen molar-refractivity contribution in [2.75, 3.05) is 0 Å². The van der Waals surface area contributed by atoms with Gasteiger partial charge in [0.05, 0.1) is 11.9 Å². The van der Waals surface area contributed by atoms with Gasteiger partial charge in [-0.2, -0.15) is 5.10 Å².